The normalized spacial score (nSPS) is 18.2. The Balaban J connectivity index is 1.87. The second-order valence-electron chi connectivity index (χ2n) is 6.10. The zero-order valence-corrected chi connectivity index (χ0v) is 13.9. The zero-order valence-electron chi connectivity index (χ0n) is 13.9. The molecule has 5 heteroatoms. The van der Waals surface area contributed by atoms with Crippen molar-refractivity contribution in [2.75, 3.05) is 11.4 Å². The molecule has 0 spiro atoms. The number of pyridine rings is 1. The van der Waals surface area contributed by atoms with Crippen LogP contribution in [-0.2, 0) is 6.42 Å². The maximum Gasteiger partial charge on any atom is 0.251 e. The van der Waals surface area contributed by atoms with Crippen molar-refractivity contribution in [3.8, 4) is 11.4 Å². The number of anilines is 1. The highest BCUT2D eigenvalue weighted by molar-refractivity contribution is 5.56. The summed E-state index contributed by atoms with van der Waals surface area (Å²) >= 11 is 0. The molecule has 0 radical (unpaired) electrons. The fourth-order valence-electron chi connectivity index (χ4n) is 3.25. The SMILES string of the molecule is CCc1cc(=O)[nH]c(-c2ccc(N3CCCCC3CC)nc2)n1. The van der Waals surface area contributed by atoms with Gasteiger partial charge in [0.25, 0.3) is 5.56 Å². The van der Waals surface area contributed by atoms with Crippen LogP contribution in [0.3, 0.4) is 0 Å². The molecule has 2 aromatic rings. The van der Waals surface area contributed by atoms with Gasteiger partial charge in [0.05, 0.1) is 0 Å². The van der Waals surface area contributed by atoms with E-state index in [0.29, 0.717) is 11.9 Å². The van der Waals surface area contributed by atoms with E-state index < -0.39 is 0 Å². The average Bonchev–Trinajstić information content (AvgIpc) is 2.61. The Hall–Kier alpha value is -2.17. The molecular weight excluding hydrogens is 288 g/mol. The van der Waals surface area contributed by atoms with Gasteiger partial charge in [-0.1, -0.05) is 13.8 Å². The zero-order chi connectivity index (χ0) is 16.2. The average molecular weight is 312 g/mol. The lowest BCUT2D eigenvalue weighted by Crippen LogP contribution is -2.39. The first-order valence-electron chi connectivity index (χ1n) is 8.54. The molecule has 23 heavy (non-hydrogen) atoms. The van der Waals surface area contributed by atoms with Gasteiger partial charge in [-0.3, -0.25) is 4.79 Å². The van der Waals surface area contributed by atoms with Crippen molar-refractivity contribution in [3.05, 3.63) is 40.4 Å². The summed E-state index contributed by atoms with van der Waals surface area (Å²) in [6.45, 7) is 5.31. The molecule has 5 nitrogen and oxygen atoms in total. The molecule has 1 aliphatic rings. The smallest absolute Gasteiger partial charge is 0.251 e. The first-order valence-corrected chi connectivity index (χ1v) is 8.54. The molecule has 3 heterocycles. The number of aromatic nitrogens is 3. The minimum Gasteiger partial charge on any atom is -0.354 e. The second-order valence-corrected chi connectivity index (χ2v) is 6.10. The predicted molar refractivity (Wildman–Crippen MR) is 92.7 cm³/mol. The van der Waals surface area contributed by atoms with Crippen molar-refractivity contribution < 1.29 is 0 Å². The van der Waals surface area contributed by atoms with Crippen LogP contribution in [0.15, 0.2) is 29.2 Å². The van der Waals surface area contributed by atoms with Crippen molar-refractivity contribution in [3.63, 3.8) is 0 Å². The van der Waals surface area contributed by atoms with E-state index in [9.17, 15) is 4.79 Å². The molecule has 1 aliphatic heterocycles. The minimum atomic E-state index is -0.113. The monoisotopic (exact) mass is 312 g/mol. The van der Waals surface area contributed by atoms with Gasteiger partial charge in [-0.2, -0.15) is 0 Å². The molecule has 3 rings (SSSR count). The Kier molecular flexibility index (Phi) is 4.74. The predicted octanol–water partition coefficient (Wildman–Crippen LogP) is 3.16. The van der Waals surface area contributed by atoms with Crippen LogP contribution in [0.1, 0.15) is 45.2 Å². The van der Waals surface area contributed by atoms with Crippen LogP contribution in [0.25, 0.3) is 11.4 Å². The van der Waals surface area contributed by atoms with E-state index in [1.807, 2.05) is 25.3 Å². The van der Waals surface area contributed by atoms with Crippen molar-refractivity contribution in [1.82, 2.24) is 15.0 Å². The van der Waals surface area contributed by atoms with E-state index in [-0.39, 0.29) is 5.56 Å². The highest BCUT2D eigenvalue weighted by Crippen LogP contribution is 2.26. The molecule has 2 aromatic heterocycles. The van der Waals surface area contributed by atoms with E-state index in [4.69, 9.17) is 0 Å². The molecule has 1 unspecified atom stereocenters. The molecule has 0 amide bonds. The summed E-state index contributed by atoms with van der Waals surface area (Å²) < 4.78 is 0. The van der Waals surface area contributed by atoms with E-state index in [1.54, 1.807) is 6.07 Å². The number of nitrogens with zero attached hydrogens (tertiary/aromatic N) is 3. The molecule has 1 saturated heterocycles. The molecule has 1 fully saturated rings. The van der Waals surface area contributed by atoms with E-state index in [1.165, 1.54) is 19.3 Å². The maximum absolute atomic E-state index is 11.7. The molecule has 0 saturated carbocycles. The van der Waals surface area contributed by atoms with Crippen molar-refractivity contribution in [2.24, 2.45) is 0 Å². The molecule has 0 aliphatic carbocycles. The summed E-state index contributed by atoms with van der Waals surface area (Å²) in [6, 6.07) is 6.18. The van der Waals surface area contributed by atoms with E-state index in [2.05, 4.69) is 26.8 Å². The summed E-state index contributed by atoms with van der Waals surface area (Å²) in [6.07, 6.45) is 7.49. The maximum atomic E-state index is 11.7. The molecule has 0 bridgehead atoms. The van der Waals surface area contributed by atoms with Gasteiger partial charge < -0.3 is 9.88 Å². The first kappa shape index (κ1) is 15.7. The molecule has 122 valence electrons. The van der Waals surface area contributed by atoms with Crippen LogP contribution in [0.5, 0.6) is 0 Å². The van der Waals surface area contributed by atoms with Gasteiger partial charge in [-0.05, 0) is 44.2 Å². The highest BCUT2D eigenvalue weighted by Gasteiger charge is 2.21. The number of hydrogen-bond acceptors (Lipinski definition) is 4. The Morgan fingerprint density at radius 2 is 2.17 bits per heavy atom. The standard InChI is InChI=1S/C18H24N4O/c1-3-14-11-17(23)21-18(20-14)13-8-9-16(19-12-13)22-10-6-5-7-15(22)4-2/h8-9,11-12,15H,3-7,10H2,1-2H3,(H,20,21,23). The Labute approximate surface area is 136 Å². The summed E-state index contributed by atoms with van der Waals surface area (Å²) in [5, 5.41) is 0. The minimum absolute atomic E-state index is 0.113. The van der Waals surface area contributed by atoms with Crippen molar-refractivity contribution >= 4 is 5.82 Å². The van der Waals surface area contributed by atoms with Crippen molar-refractivity contribution in [1.29, 1.82) is 0 Å². The fraction of sp³-hybridized carbons (Fsp3) is 0.500. The lowest BCUT2D eigenvalue weighted by atomic mass is 10.00. The first-order chi connectivity index (χ1) is 11.2. The Morgan fingerprint density at radius 1 is 1.30 bits per heavy atom. The van der Waals surface area contributed by atoms with Gasteiger partial charge in [-0.15, -0.1) is 0 Å². The number of aromatic amines is 1. The lowest BCUT2D eigenvalue weighted by molar-refractivity contribution is 0.447. The summed E-state index contributed by atoms with van der Waals surface area (Å²) in [5.41, 5.74) is 1.54. The van der Waals surface area contributed by atoms with Crippen LogP contribution in [0, 0.1) is 0 Å². The number of rotatable bonds is 4. The summed E-state index contributed by atoms with van der Waals surface area (Å²) in [5.74, 6) is 1.62. The van der Waals surface area contributed by atoms with Gasteiger partial charge in [0.2, 0.25) is 0 Å². The number of hydrogen-bond donors (Lipinski definition) is 1. The van der Waals surface area contributed by atoms with Gasteiger partial charge in [-0.25, -0.2) is 9.97 Å². The number of piperidine rings is 1. The van der Waals surface area contributed by atoms with Crippen LogP contribution in [-0.4, -0.2) is 27.5 Å². The highest BCUT2D eigenvalue weighted by atomic mass is 16.1. The fourth-order valence-corrected chi connectivity index (χ4v) is 3.25. The third kappa shape index (κ3) is 3.44. The van der Waals surface area contributed by atoms with E-state index >= 15 is 0 Å². The number of H-pyrrole nitrogens is 1. The quantitative estimate of drug-likeness (QED) is 0.942. The third-order valence-corrected chi connectivity index (χ3v) is 4.57. The van der Waals surface area contributed by atoms with Gasteiger partial charge in [0, 0.05) is 36.1 Å². The van der Waals surface area contributed by atoms with Crippen LogP contribution in [0.4, 0.5) is 5.82 Å². The van der Waals surface area contributed by atoms with Gasteiger partial charge in [0.15, 0.2) is 0 Å². The lowest BCUT2D eigenvalue weighted by Gasteiger charge is -2.36. The number of aryl methyl sites for hydroxylation is 1. The van der Waals surface area contributed by atoms with Crippen molar-refractivity contribution in [2.45, 2.75) is 52.0 Å². The molecule has 1 N–H and O–H groups in total. The van der Waals surface area contributed by atoms with Crippen LogP contribution < -0.4 is 10.5 Å². The largest absolute Gasteiger partial charge is 0.354 e. The van der Waals surface area contributed by atoms with Gasteiger partial charge >= 0.3 is 0 Å². The van der Waals surface area contributed by atoms with Crippen LogP contribution in [0.2, 0.25) is 0 Å². The topological polar surface area (TPSA) is 61.9 Å². The van der Waals surface area contributed by atoms with Gasteiger partial charge in [0.1, 0.15) is 11.6 Å². The molecule has 0 aromatic carbocycles. The third-order valence-electron chi connectivity index (χ3n) is 4.57. The molecule has 1 atom stereocenters. The summed E-state index contributed by atoms with van der Waals surface area (Å²) in [4.78, 5) is 26.0. The Morgan fingerprint density at radius 3 is 2.87 bits per heavy atom. The van der Waals surface area contributed by atoms with E-state index in [0.717, 1.165) is 36.5 Å². The summed E-state index contributed by atoms with van der Waals surface area (Å²) in [7, 11) is 0. The molecular formula is C18H24N4O. The number of nitrogens with one attached hydrogen (secondary N) is 1. The second kappa shape index (κ2) is 6.94. The Bertz CT molecular complexity index is 708. The van der Waals surface area contributed by atoms with Crippen LogP contribution >= 0.6 is 0 Å².